The zero-order valence-corrected chi connectivity index (χ0v) is 14.5. The van der Waals surface area contributed by atoms with Gasteiger partial charge >= 0.3 is 0 Å². The number of nitrogens with one attached hydrogen (secondary N) is 1. The summed E-state index contributed by atoms with van der Waals surface area (Å²) in [4.78, 5) is 12.2. The molecule has 2 aromatic carbocycles. The van der Waals surface area contributed by atoms with Crippen LogP contribution in [0.2, 0.25) is 0 Å². The summed E-state index contributed by atoms with van der Waals surface area (Å²) in [6.45, 7) is 5.22. The number of carbonyl (C=O) groups excluding carboxylic acids is 1. The van der Waals surface area contributed by atoms with E-state index < -0.39 is 0 Å². The second-order valence-electron chi connectivity index (χ2n) is 6.19. The first-order chi connectivity index (χ1) is 12.1. The fourth-order valence-electron chi connectivity index (χ4n) is 2.52. The molecule has 0 radical (unpaired) electrons. The molecule has 3 rings (SSSR count). The number of para-hydroxylation sites is 1. The third kappa shape index (κ3) is 4.64. The minimum Gasteiger partial charge on any atom is -0.374 e. The fourth-order valence-corrected chi connectivity index (χ4v) is 2.52. The molecule has 0 bridgehead atoms. The lowest BCUT2D eigenvalue weighted by molar-refractivity contribution is -0.121. The minimum absolute atomic E-state index is 0.0977. The lowest BCUT2D eigenvalue weighted by Gasteiger charge is -2.10. The first kappa shape index (κ1) is 17.1. The van der Waals surface area contributed by atoms with E-state index in [4.69, 9.17) is 4.74 Å². The zero-order valence-electron chi connectivity index (χ0n) is 14.5. The highest BCUT2D eigenvalue weighted by Crippen LogP contribution is 2.10. The quantitative estimate of drug-likeness (QED) is 0.719. The van der Waals surface area contributed by atoms with Crippen LogP contribution in [0.3, 0.4) is 0 Å². The van der Waals surface area contributed by atoms with E-state index in [1.54, 1.807) is 4.68 Å². The molecule has 1 heterocycles. The van der Waals surface area contributed by atoms with Crippen molar-refractivity contribution in [1.29, 1.82) is 0 Å². The highest BCUT2D eigenvalue weighted by Gasteiger charge is 2.08. The van der Waals surface area contributed by atoms with Gasteiger partial charge in [0.25, 0.3) is 0 Å². The summed E-state index contributed by atoms with van der Waals surface area (Å²) in [5, 5.41) is 11.0. The van der Waals surface area contributed by atoms with Crippen LogP contribution < -0.4 is 5.32 Å². The molecule has 0 saturated carbocycles. The number of benzene rings is 2. The molecule has 0 aliphatic rings. The molecule has 25 heavy (non-hydrogen) atoms. The molecule has 0 atom stereocenters. The third-order valence-corrected chi connectivity index (χ3v) is 3.78. The summed E-state index contributed by atoms with van der Waals surface area (Å²) in [7, 11) is 0. The molecule has 1 N–H and O–H groups in total. The molecule has 6 nitrogen and oxygen atoms in total. The van der Waals surface area contributed by atoms with Crippen LogP contribution in [0, 0.1) is 0 Å². The summed E-state index contributed by atoms with van der Waals surface area (Å²) in [5.41, 5.74) is 3.78. The second-order valence-corrected chi connectivity index (χ2v) is 6.19. The van der Waals surface area contributed by atoms with Gasteiger partial charge in [-0.05, 0) is 37.1 Å². The average Bonchev–Trinajstić information content (AvgIpc) is 3.02. The highest BCUT2D eigenvalue weighted by atomic mass is 16.5. The Hall–Kier alpha value is -2.73. The maximum absolute atomic E-state index is 12.2. The van der Waals surface area contributed by atoms with Gasteiger partial charge in [-0.3, -0.25) is 4.79 Å². The summed E-state index contributed by atoms with van der Waals surface area (Å²) < 4.78 is 7.22. The first-order valence-electron chi connectivity index (χ1n) is 8.36. The van der Waals surface area contributed by atoms with Crippen molar-refractivity contribution in [2.75, 3.05) is 0 Å². The van der Waals surface area contributed by atoms with Gasteiger partial charge in [-0.1, -0.05) is 41.6 Å². The number of amides is 1. The van der Waals surface area contributed by atoms with Crippen molar-refractivity contribution >= 4 is 16.9 Å². The topological polar surface area (TPSA) is 69.0 Å². The molecular formula is C19H22N4O2. The Labute approximate surface area is 146 Å². The predicted octanol–water partition coefficient (Wildman–Crippen LogP) is 2.67. The molecule has 1 aromatic heterocycles. The summed E-state index contributed by atoms with van der Waals surface area (Å²) in [6.07, 6.45) is 0.195. The lowest BCUT2D eigenvalue weighted by Crippen LogP contribution is -2.27. The van der Waals surface area contributed by atoms with Crippen LogP contribution in [0.4, 0.5) is 0 Å². The molecule has 3 aromatic rings. The molecular weight excluding hydrogens is 316 g/mol. The van der Waals surface area contributed by atoms with Gasteiger partial charge in [0, 0.05) is 6.54 Å². The molecule has 0 fully saturated rings. The molecule has 130 valence electrons. The Bertz CT molecular complexity index is 857. The number of nitrogens with zero attached hydrogens (tertiary/aromatic N) is 3. The standard InChI is InChI=1S/C19H22N4O2/c1-14(2)25-13-16-7-5-6-15(10-16)11-20-19(24)12-23-18-9-4-3-8-17(18)21-22-23/h3-10,14H,11-13H2,1-2H3,(H,20,24). The normalized spacial score (nSPS) is 11.2. The van der Waals surface area contributed by atoms with Crippen molar-refractivity contribution in [2.24, 2.45) is 0 Å². The number of hydrogen-bond donors (Lipinski definition) is 1. The molecule has 1 amide bonds. The molecule has 0 saturated heterocycles. The summed E-state index contributed by atoms with van der Waals surface area (Å²) >= 11 is 0. The van der Waals surface area contributed by atoms with E-state index in [1.165, 1.54) is 0 Å². The van der Waals surface area contributed by atoms with E-state index in [9.17, 15) is 4.79 Å². The van der Waals surface area contributed by atoms with Crippen molar-refractivity contribution in [3.8, 4) is 0 Å². The van der Waals surface area contributed by atoms with Crippen molar-refractivity contribution in [3.63, 3.8) is 0 Å². The Morgan fingerprint density at radius 3 is 2.80 bits per heavy atom. The summed E-state index contributed by atoms with van der Waals surface area (Å²) in [5.74, 6) is -0.0977. The fraction of sp³-hybridized carbons (Fsp3) is 0.316. The van der Waals surface area contributed by atoms with Gasteiger partial charge in [-0.2, -0.15) is 0 Å². The van der Waals surface area contributed by atoms with Gasteiger partial charge in [-0.15, -0.1) is 5.10 Å². The van der Waals surface area contributed by atoms with E-state index in [2.05, 4.69) is 15.6 Å². The largest absolute Gasteiger partial charge is 0.374 e. The maximum Gasteiger partial charge on any atom is 0.242 e. The van der Waals surface area contributed by atoms with Crippen molar-refractivity contribution < 1.29 is 9.53 Å². The van der Waals surface area contributed by atoms with Crippen LogP contribution in [-0.4, -0.2) is 27.0 Å². The Kier molecular flexibility index (Phi) is 5.40. The highest BCUT2D eigenvalue weighted by molar-refractivity contribution is 5.79. The van der Waals surface area contributed by atoms with E-state index in [-0.39, 0.29) is 18.6 Å². The first-order valence-corrected chi connectivity index (χ1v) is 8.36. The van der Waals surface area contributed by atoms with Gasteiger partial charge < -0.3 is 10.1 Å². The van der Waals surface area contributed by atoms with Gasteiger partial charge in [0.1, 0.15) is 12.1 Å². The Morgan fingerprint density at radius 2 is 1.96 bits per heavy atom. The van der Waals surface area contributed by atoms with Gasteiger partial charge in [0.15, 0.2) is 0 Å². The molecule has 0 aliphatic carbocycles. The predicted molar refractivity (Wildman–Crippen MR) is 95.7 cm³/mol. The van der Waals surface area contributed by atoms with Gasteiger partial charge in [0.2, 0.25) is 5.91 Å². The van der Waals surface area contributed by atoms with E-state index >= 15 is 0 Å². The molecule has 0 unspecified atom stereocenters. The van der Waals surface area contributed by atoms with Crippen LogP contribution in [0.15, 0.2) is 48.5 Å². The number of aromatic nitrogens is 3. The van der Waals surface area contributed by atoms with Crippen LogP contribution in [0.1, 0.15) is 25.0 Å². The SMILES string of the molecule is CC(C)OCc1cccc(CNC(=O)Cn2nnc3ccccc32)c1. The second kappa shape index (κ2) is 7.90. The minimum atomic E-state index is -0.0977. The molecule has 0 spiro atoms. The smallest absolute Gasteiger partial charge is 0.242 e. The van der Waals surface area contributed by atoms with Crippen LogP contribution in [0.25, 0.3) is 11.0 Å². The number of rotatable bonds is 7. The van der Waals surface area contributed by atoms with Crippen LogP contribution >= 0.6 is 0 Å². The third-order valence-electron chi connectivity index (χ3n) is 3.78. The number of carbonyl (C=O) groups is 1. The van der Waals surface area contributed by atoms with Gasteiger partial charge in [-0.25, -0.2) is 4.68 Å². The molecule has 0 aliphatic heterocycles. The van der Waals surface area contributed by atoms with Crippen LogP contribution in [-0.2, 0) is 29.2 Å². The number of ether oxygens (including phenoxy) is 1. The van der Waals surface area contributed by atoms with E-state index in [0.717, 1.165) is 22.2 Å². The van der Waals surface area contributed by atoms with E-state index in [1.807, 2.05) is 62.4 Å². The lowest BCUT2D eigenvalue weighted by atomic mass is 10.1. The van der Waals surface area contributed by atoms with Crippen molar-refractivity contribution in [2.45, 2.75) is 39.6 Å². The monoisotopic (exact) mass is 338 g/mol. The van der Waals surface area contributed by atoms with Crippen molar-refractivity contribution in [1.82, 2.24) is 20.3 Å². The zero-order chi connectivity index (χ0) is 17.6. The number of hydrogen-bond acceptors (Lipinski definition) is 4. The van der Waals surface area contributed by atoms with E-state index in [0.29, 0.717) is 13.2 Å². The Balaban J connectivity index is 1.56. The van der Waals surface area contributed by atoms with Gasteiger partial charge in [0.05, 0.1) is 18.2 Å². The Morgan fingerprint density at radius 1 is 1.16 bits per heavy atom. The van der Waals surface area contributed by atoms with Crippen LogP contribution in [0.5, 0.6) is 0 Å². The number of fused-ring (bicyclic) bond motifs is 1. The molecule has 6 heteroatoms. The maximum atomic E-state index is 12.2. The summed E-state index contributed by atoms with van der Waals surface area (Å²) in [6, 6.07) is 15.6. The average molecular weight is 338 g/mol. The van der Waals surface area contributed by atoms with Crippen molar-refractivity contribution in [3.05, 3.63) is 59.7 Å².